The molecule has 4 aliphatic heterocycles. The summed E-state index contributed by atoms with van der Waals surface area (Å²) in [7, 11) is 5.91. The van der Waals surface area contributed by atoms with Crippen LogP contribution in [0.25, 0.3) is 32.0 Å². The second kappa shape index (κ2) is 49.7. The lowest BCUT2D eigenvalue weighted by Gasteiger charge is -2.40. The fraction of sp³-hybridized carbons (Fsp3) is 0.454. The van der Waals surface area contributed by atoms with Crippen LogP contribution in [0.3, 0.4) is 0 Å². The summed E-state index contributed by atoms with van der Waals surface area (Å²) in [5.41, 5.74) is 3.90. The molecule has 2 amide bonds. The number of aliphatic hydroxyl groups is 1. The molecule has 4 fully saturated rings. The number of nitrogens with one attached hydrogen (secondary N) is 8. The van der Waals surface area contributed by atoms with Gasteiger partial charge in [0.25, 0.3) is 32.9 Å². The normalized spacial score (nSPS) is 21.7. The van der Waals surface area contributed by atoms with E-state index in [9.17, 15) is 29.5 Å². The summed E-state index contributed by atoms with van der Waals surface area (Å²) >= 11 is 12.6. The summed E-state index contributed by atoms with van der Waals surface area (Å²) in [5.74, 6) is -1.43. The summed E-state index contributed by atoms with van der Waals surface area (Å²) in [5, 5.41) is 40.4. The molecule has 0 aliphatic carbocycles. The third kappa shape index (κ3) is 26.8. The van der Waals surface area contributed by atoms with Crippen LogP contribution in [-0.4, -0.2) is 244 Å². The van der Waals surface area contributed by atoms with E-state index in [0.29, 0.717) is 12.8 Å². The molecule has 4 aliphatic rings. The Hall–Kier alpha value is -10.5. The average molecular weight is 1990 g/mol. The summed E-state index contributed by atoms with van der Waals surface area (Å²) in [6.45, 7) is 23.0. The number of benzene rings is 6. The minimum atomic E-state index is -3.57. The summed E-state index contributed by atoms with van der Waals surface area (Å²) in [6.07, 6.45) is 2.72. The Kier molecular flexibility index (Phi) is 37.8. The van der Waals surface area contributed by atoms with E-state index in [1.54, 1.807) is 49.5 Å². The molecule has 9 N–H and O–H groups in total. The standard InChI is InChI=1S/C53H70N12O8P2S.C44H53N10O7PS/c1-36(2)50(66)59-52-58-49-48(51(67)60-52)57-35-64(49)47-31-43(44(73-47)32-69-74(68-28-19-26-54)65(37(3)4)38(5)6)62-75(76,70-29-27-55-7)71-33-45-42(30-46(72-45)56-34-63(8)9)61-53(39-20-13-10-14-21-39,40-22-15-11-16-23-40)41-24-17-12-18-25-41;1-29(2)41(56)49-43-48-40-39(42(57)50-43)47-28-54(40)38-24-34(35(25-55)61-38)52-62(63,58-22-21-45-3)59-26-36-33(23-37(60-36)46-27-53(4)5)51-44(30-15-9-6-10-16-30,31-17-11-7-12-18-31)32-19-13-8-14-20-32/h10-18,20-25,34-38,42-47,61H,19,27-33H2,1-6,8-9H3,(H,62,76)(H2,58,59,60,66,67);6-20,27-29,33-38,51,55H,21-26H2,1-2,4-5H3,(H,52,63)(H2,48,49,50,56,57). The third-order valence-corrected chi connectivity index (χ3v) is 30.8. The van der Waals surface area contributed by atoms with Gasteiger partial charge in [-0.25, -0.2) is 47.9 Å². The van der Waals surface area contributed by atoms with Crippen molar-refractivity contribution in [1.29, 1.82) is 5.26 Å². The van der Waals surface area contributed by atoms with Gasteiger partial charge in [-0.3, -0.25) is 59.5 Å². The van der Waals surface area contributed by atoms with Crippen LogP contribution in [0.2, 0.25) is 0 Å². The minimum Gasteiger partial charge on any atom is -0.394 e. The van der Waals surface area contributed by atoms with Crippen molar-refractivity contribution < 1.29 is 60.8 Å². The lowest BCUT2D eigenvalue weighted by atomic mass is 9.76. The van der Waals surface area contributed by atoms with Crippen LogP contribution in [0.5, 0.6) is 0 Å². The number of H-pyrrole nitrogens is 2. The number of aliphatic imine (C=N–C) groups is 2. The van der Waals surface area contributed by atoms with E-state index in [1.807, 2.05) is 147 Å². The van der Waals surface area contributed by atoms with Crippen molar-refractivity contribution in [3.8, 4) is 6.07 Å². The Balaban J connectivity index is 0.000000238. The number of nitriles is 1. The Morgan fingerprint density at radius 1 is 0.540 bits per heavy atom. The number of rotatable bonds is 46. The first-order chi connectivity index (χ1) is 67.0. The second-order valence-corrected chi connectivity index (χ2v) is 43.3. The number of anilines is 2. The van der Waals surface area contributed by atoms with E-state index in [-0.39, 0.29) is 161 Å². The zero-order valence-corrected chi connectivity index (χ0v) is 84.2. The maximum Gasteiger partial charge on any atom is 0.280 e. The first kappa shape index (κ1) is 106. The number of fused-ring (bicyclic) bond motifs is 2. The highest BCUT2D eigenvalue weighted by Crippen LogP contribution is 2.53. The maximum absolute atomic E-state index is 13.3. The van der Waals surface area contributed by atoms with Crippen LogP contribution in [0, 0.1) is 36.3 Å². The van der Waals surface area contributed by atoms with E-state index in [0.717, 1.165) is 33.4 Å². The van der Waals surface area contributed by atoms with Gasteiger partial charge >= 0.3 is 0 Å². The molecule has 15 atom stereocenters. The topological polar surface area (TPSA) is 413 Å². The van der Waals surface area contributed by atoms with Crippen LogP contribution in [-0.2, 0) is 90.4 Å². The van der Waals surface area contributed by atoms with Gasteiger partial charge in [0.15, 0.2) is 34.8 Å². The van der Waals surface area contributed by atoms with Crippen LogP contribution >= 0.6 is 21.8 Å². The molecule has 4 aromatic heterocycles. The van der Waals surface area contributed by atoms with E-state index in [4.69, 9.17) is 92.8 Å². The van der Waals surface area contributed by atoms with Gasteiger partial charge in [-0.1, -0.05) is 210 Å². The van der Waals surface area contributed by atoms with Gasteiger partial charge in [-0.2, -0.15) is 15.2 Å². The molecule has 4 saturated heterocycles. The van der Waals surface area contributed by atoms with Crippen LogP contribution in [0.1, 0.15) is 133 Å². The number of ether oxygens (including phenoxy) is 4. The van der Waals surface area contributed by atoms with Crippen LogP contribution < -0.4 is 42.6 Å². The van der Waals surface area contributed by atoms with E-state index in [2.05, 4.69) is 182 Å². The minimum absolute atomic E-state index is 0.0000816. The summed E-state index contributed by atoms with van der Waals surface area (Å²) in [4.78, 5) is 94.7. The molecular formula is C97H123N22O15P3S2. The molecule has 0 saturated carbocycles. The van der Waals surface area contributed by atoms with Gasteiger partial charge in [0.05, 0.1) is 106 Å². The number of aliphatic hydroxyl groups excluding tert-OH is 1. The largest absolute Gasteiger partial charge is 0.394 e. The number of hydrogen-bond acceptors (Lipinski definition) is 27. The quantitative estimate of drug-likeness (QED) is 0.00427. The van der Waals surface area contributed by atoms with Gasteiger partial charge in [0, 0.05) is 102 Å². The molecule has 139 heavy (non-hydrogen) atoms. The van der Waals surface area contributed by atoms with Gasteiger partial charge < -0.3 is 70.7 Å². The summed E-state index contributed by atoms with van der Waals surface area (Å²) < 4.78 is 71.1. The molecule has 0 radical (unpaired) electrons. The van der Waals surface area contributed by atoms with Gasteiger partial charge in [-0.05, 0) is 84.7 Å². The van der Waals surface area contributed by atoms with Crippen molar-refractivity contribution in [2.45, 2.75) is 184 Å². The predicted octanol–water partition coefficient (Wildman–Crippen LogP) is 12.9. The summed E-state index contributed by atoms with van der Waals surface area (Å²) in [6, 6.07) is 62.1. The molecule has 37 nitrogen and oxygen atoms in total. The number of carbonyl (C=O) groups excluding carboxylic acids is 2. The highest BCUT2D eigenvalue weighted by molar-refractivity contribution is 8.09. The predicted molar refractivity (Wildman–Crippen MR) is 541 cm³/mol. The monoisotopic (exact) mass is 1990 g/mol. The molecule has 8 heterocycles. The van der Waals surface area contributed by atoms with Crippen LogP contribution in [0.4, 0.5) is 11.9 Å². The third-order valence-electron chi connectivity index (χ3n) is 23.5. The highest BCUT2D eigenvalue weighted by Gasteiger charge is 2.50. The van der Waals surface area contributed by atoms with Crippen molar-refractivity contribution in [3.63, 3.8) is 0 Å². The zero-order chi connectivity index (χ0) is 99.0. The zero-order valence-electron chi connectivity index (χ0n) is 79.8. The smallest absolute Gasteiger partial charge is 0.280 e. The van der Waals surface area contributed by atoms with Crippen LogP contribution in [0.15, 0.2) is 214 Å². The fourth-order valence-corrected chi connectivity index (χ4v) is 23.4. The number of amides is 2. The van der Waals surface area contributed by atoms with E-state index < -0.39 is 105 Å². The molecule has 0 bridgehead atoms. The maximum atomic E-state index is 13.3. The molecule has 10 aromatic rings. The molecule has 0 spiro atoms. The van der Waals surface area contributed by atoms with Crippen molar-refractivity contribution in [1.82, 2.24) is 74.3 Å². The molecule has 6 aromatic carbocycles. The lowest BCUT2D eigenvalue weighted by molar-refractivity contribution is -0.119. The first-order valence-corrected chi connectivity index (χ1v) is 52.7. The van der Waals surface area contributed by atoms with Gasteiger partial charge in [0.1, 0.15) is 25.7 Å². The lowest BCUT2D eigenvalue weighted by Crippen LogP contribution is -2.53. The number of aromatic amines is 2. The Labute approximate surface area is 821 Å². The number of aromatic nitrogens is 8. The number of imidazole rings is 2. The fourth-order valence-electron chi connectivity index (χ4n) is 17.0. The van der Waals surface area contributed by atoms with E-state index in [1.165, 1.54) is 12.7 Å². The van der Waals surface area contributed by atoms with E-state index >= 15 is 0 Å². The van der Waals surface area contributed by atoms with Crippen molar-refractivity contribution in [3.05, 3.63) is 272 Å². The van der Waals surface area contributed by atoms with Crippen molar-refractivity contribution in [2.75, 3.05) is 98.2 Å². The molecular weight excluding hydrogens is 1870 g/mol. The second-order valence-electron chi connectivity index (χ2n) is 35.4. The number of nitrogens with zero attached hydrogens (tertiary/aromatic N) is 14. The molecule has 14 rings (SSSR count). The Morgan fingerprint density at radius 2 is 0.892 bits per heavy atom. The number of hydrogen-bond donors (Lipinski definition) is 9. The SMILES string of the molecule is [C-]#[N+]CCOP(=S)(NC1CC(n2cnc3c(=O)[nH]c(NC(=O)C(C)C)nc32)OC1CO)OCC1OC(N=CN(C)C)CC1NC(c1ccccc1)(c1ccccc1)c1ccccc1.[C-]#[N+]CCOP(=S)(NC1CC(n2cnc3c(=O)[nH]c(NC(=O)C(C)C)nc32)OC1COP(OCCC#N)N(C(C)C)C(C)C)OCC1OC(N=CN(C)C)CC1NC(c1ccccc1)(c1ccccc1)c1ccccc1. The Morgan fingerprint density at radius 3 is 1.22 bits per heavy atom. The average Bonchev–Trinajstić information content (AvgIpc) is 1.64. The molecule has 738 valence electrons. The molecule has 42 heteroatoms. The highest BCUT2D eigenvalue weighted by atomic mass is 32.5. The van der Waals surface area contributed by atoms with Crippen molar-refractivity contribution >= 4 is 104 Å². The number of carbonyl (C=O) groups is 2. The molecule has 15 unspecified atom stereocenters. The first-order valence-electron chi connectivity index (χ1n) is 46.3. The van der Waals surface area contributed by atoms with Gasteiger partial charge in [-0.15, -0.1) is 0 Å². The van der Waals surface area contributed by atoms with Gasteiger partial charge in [0.2, 0.25) is 36.8 Å². The Bertz CT molecular complexity index is 5900. The van der Waals surface area contributed by atoms with Crippen molar-refractivity contribution in [2.24, 2.45) is 21.8 Å².